The van der Waals surface area contributed by atoms with Crippen LogP contribution in [0.3, 0.4) is 0 Å². The van der Waals surface area contributed by atoms with Crippen molar-refractivity contribution in [3.8, 4) is 0 Å². The standard InChI is InChI=1S/C9H19N3O2/c1-7(9(14)11-3)12-8(13)5-4-6-10-2/h7,10H,4-6H2,1-3H3,(H,11,14)(H,12,13). The summed E-state index contributed by atoms with van der Waals surface area (Å²) in [6.07, 6.45) is 1.23. The minimum atomic E-state index is -0.456. The fourth-order valence-electron chi connectivity index (χ4n) is 1.02. The summed E-state index contributed by atoms with van der Waals surface area (Å²) in [5, 5.41) is 8.03. The van der Waals surface area contributed by atoms with Crippen LogP contribution in [0.25, 0.3) is 0 Å². The molecule has 0 saturated heterocycles. The molecule has 0 fully saturated rings. The molecule has 82 valence electrons. The van der Waals surface area contributed by atoms with Crippen molar-refractivity contribution < 1.29 is 9.59 Å². The summed E-state index contributed by atoms with van der Waals surface area (Å²) >= 11 is 0. The molecule has 0 aliphatic carbocycles. The highest BCUT2D eigenvalue weighted by Crippen LogP contribution is 1.89. The van der Waals surface area contributed by atoms with Crippen molar-refractivity contribution >= 4 is 11.8 Å². The zero-order valence-corrected chi connectivity index (χ0v) is 9.02. The lowest BCUT2D eigenvalue weighted by Gasteiger charge is -2.11. The van der Waals surface area contributed by atoms with E-state index in [1.165, 1.54) is 0 Å². The predicted molar refractivity (Wildman–Crippen MR) is 54.8 cm³/mol. The van der Waals surface area contributed by atoms with Crippen molar-refractivity contribution in [1.82, 2.24) is 16.0 Å². The molecule has 0 bridgehead atoms. The largest absolute Gasteiger partial charge is 0.357 e. The Morgan fingerprint density at radius 3 is 2.43 bits per heavy atom. The van der Waals surface area contributed by atoms with Crippen LogP contribution < -0.4 is 16.0 Å². The van der Waals surface area contributed by atoms with Crippen molar-refractivity contribution in [2.24, 2.45) is 0 Å². The van der Waals surface area contributed by atoms with Crippen molar-refractivity contribution in [3.05, 3.63) is 0 Å². The zero-order chi connectivity index (χ0) is 11.0. The van der Waals surface area contributed by atoms with Gasteiger partial charge in [0.1, 0.15) is 6.04 Å². The summed E-state index contributed by atoms with van der Waals surface area (Å²) < 4.78 is 0. The number of likely N-dealkylation sites (N-methyl/N-ethyl adjacent to an activating group) is 1. The van der Waals surface area contributed by atoms with Gasteiger partial charge in [0.2, 0.25) is 11.8 Å². The van der Waals surface area contributed by atoms with Crippen molar-refractivity contribution in [3.63, 3.8) is 0 Å². The lowest BCUT2D eigenvalue weighted by molar-refractivity contribution is -0.128. The van der Waals surface area contributed by atoms with E-state index in [-0.39, 0.29) is 11.8 Å². The van der Waals surface area contributed by atoms with Crippen LogP contribution in [0.1, 0.15) is 19.8 Å². The minimum Gasteiger partial charge on any atom is -0.357 e. The Morgan fingerprint density at radius 2 is 1.93 bits per heavy atom. The van der Waals surface area contributed by atoms with Gasteiger partial charge >= 0.3 is 0 Å². The van der Waals surface area contributed by atoms with Crippen LogP contribution in [0.4, 0.5) is 0 Å². The van der Waals surface area contributed by atoms with Crippen molar-refractivity contribution in [2.45, 2.75) is 25.8 Å². The van der Waals surface area contributed by atoms with Gasteiger partial charge in [-0.05, 0) is 26.9 Å². The second kappa shape index (κ2) is 7.32. The maximum absolute atomic E-state index is 11.2. The first-order valence-corrected chi connectivity index (χ1v) is 4.77. The molecule has 0 heterocycles. The summed E-state index contributed by atoms with van der Waals surface area (Å²) in [5.41, 5.74) is 0. The summed E-state index contributed by atoms with van der Waals surface area (Å²) in [4.78, 5) is 22.3. The van der Waals surface area contributed by atoms with E-state index in [0.29, 0.717) is 6.42 Å². The van der Waals surface area contributed by atoms with Crippen LogP contribution in [0.15, 0.2) is 0 Å². The predicted octanol–water partition coefficient (Wildman–Crippen LogP) is -0.763. The molecule has 0 aromatic heterocycles. The molecule has 14 heavy (non-hydrogen) atoms. The molecule has 1 atom stereocenters. The molecule has 5 nitrogen and oxygen atoms in total. The summed E-state index contributed by atoms with van der Waals surface area (Å²) in [6, 6.07) is -0.456. The van der Waals surface area contributed by atoms with Gasteiger partial charge in [0.25, 0.3) is 0 Å². The lowest BCUT2D eigenvalue weighted by atomic mass is 10.2. The average molecular weight is 201 g/mol. The molecule has 2 amide bonds. The molecule has 5 heteroatoms. The molecule has 0 radical (unpaired) electrons. The van der Waals surface area contributed by atoms with Crippen molar-refractivity contribution in [2.75, 3.05) is 20.6 Å². The average Bonchev–Trinajstić information content (AvgIpc) is 2.16. The first-order chi connectivity index (χ1) is 6.61. The van der Waals surface area contributed by atoms with Crippen LogP contribution in [0.5, 0.6) is 0 Å². The number of carbonyl (C=O) groups is 2. The zero-order valence-electron chi connectivity index (χ0n) is 9.02. The second-order valence-electron chi connectivity index (χ2n) is 3.11. The van der Waals surface area contributed by atoms with E-state index in [2.05, 4.69) is 16.0 Å². The number of carbonyl (C=O) groups excluding carboxylic acids is 2. The third kappa shape index (κ3) is 5.53. The van der Waals surface area contributed by atoms with E-state index >= 15 is 0 Å². The van der Waals surface area contributed by atoms with E-state index in [4.69, 9.17) is 0 Å². The fraction of sp³-hybridized carbons (Fsp3) is 0.778. The molecule has 0 aromatic rings. The van der Waals surface area contributed by atoms with Gasteiger partial charge < -0.3 is 16.0 Å². The highest BCUT2D eigenvalue weighted by molar-refractivity contribution is 5.86. The SMILES string of the molecule is CNCCCC(=O)NC(C)C(=O)NC. The number of amides is 2. The number of hydrogen-bond acceptors (Lipinski definition) is 3. The number of hydrogen-bond donors (Lipinski definition) is 3. The topological polar surface area (TPSA) is 70.2 Å². The summed E-state index contributed by atoms with van der Waals surface area (Å²) in [5.74, 6) is -0.261. The van der Waals surface area contributed by atoms with E-state index < -0.39 is 6.04 Å². The fourth-order valence-corrected chi connectivity index (χ4v) is 1.02. The third-order valence-electron chi connectivity index (χ3n) is 1.85. The molecule has 0 aliphatic rings. The third-order valence-corrected chi connectivity index (χ3v) is 1.85. The van der Waals surface area contributed by atoms with E-state index in [1.54, 1.807) is 14.0 Å². The summed E-state index contributed by atoms with van der Waals surface area (Å²) in [6.45, 7) is 2.47. The normalized spacial score (nSPS) is 11.9. The van der Waals surface area contributed by atoms with Gasteiger partial charge in [0.15, 0.2) is 0 Å². The molecule has 0 aromatic carbocycles. The first kappa shape index (κ1) is 12.9. The van der Waals surface area contributed by atoms with Crippen LogP contribution in [0.2, 0.25) is 0 Å². The molecule has 0 rings (SSSR count). The van der Waals surface area contributed by atoms with E-state index in [9.17, 15) is 9.59 Å². The Kier molecular flexibility index (Phi) is 6.74. The van der Waals surface area contributed by atoms with Crippen molar-refractivity contribution in [1.29, 1.82) is 0 Å². The Morgan fingerprint density at radius 1 is 1.29 bits per heavy atom. The first-order valence-electron chi connectivity index (χ1n) is 4.77. The second-order valence-corrected chi connectivity index (χ2v) is 3.11. The Bertz CT molecular complexity index is 194. The molecule has 3 N–H and O–H groups in total. The Labute approximate surface area is 84.6 Å². The van der Waals surface area contributed by atoms with Gasteiger partial charge in [-0.15, -0.1) is 0 Å². The quantitative estimate of drug-likeness (QED) is 0.495. The molecular formula is C9H19N3O2. The monoisotopic (exact) mass is 201 g/mol. The van der Waals surface area contributed by atoms with Crippen LogP contribution in [0, 0.1) is 0 Å². The summed E-state index contributed by atoms with van der Waals surface area (Å²) in [7, 11) is 3.39. The van der Waals surface area contributed by atoms with E-state index in [1.807, 2.05) is 7.05 Å². The van der Waals surface area contributed by atoms with Gasteiger partial charge in [0.05, 0.1) is 0 Å². The molecule has 1 unspecified atom stereocenters. The smallest absolute Gasteiger partial charge is 0.242 e. The molecule has 0 saturated carbocycles. The van der Waals surface area contributed by atoms with E-state index in [0.717, 1.165) is 13.0 Å². The van der Waals surface area contributed by atoms with Crippen LogP contribution in [-0.4, -0.2) is 38.5 Å². The van der Waals surface area contributed by atoms with Gasteiger partial charge in [-0.25, -0.2) is 0 Å². The highest BCUT2D eigenvalue weighted by Gasteiger charge is 2.12. The minimum absolute atomic E-state index is 0.0867. The Balaban J connectivity index is 3.65. The molecule has 0 spiro atoms. The molecule has 0 aliphatic heterocycles. The maximum atomic E-state index is 11.2. The van der Waals surface area contributed by atoms with Gasteiger partial charge in [-0.3, -0.25) is 9.59 Å². The number of nitrogens with one attached hydrogen (secondary N) is 3. The van der Waals surface area contributed by atoms with Crippen LogP contribution >= 0.6 is 0 Å². The van der Waals surface area contributed by atoms with Gasteiger partial charge in [0, 0.05) is 13.5 Å². The van der Waals surface area contributed by atoms with Gasteiger partial charge in [-0.2, -0.15) is 0 Å². The molecular weight excluding hydrogens is 182 g/mol. The van der Waals surface area contributed by atoms with Crippen LogP contribution in [-0.2, 0) is 9.59 Å². The lowest BCUT2D eigenvalue weighted by Crippen LogP contribution is -2.43. The Hall–Kier alpha value is -1.10. The van der Waals surface area contributed by atoms with Gasteiger partial charge in [-0.1, -0.05) is 0 Å². The highest BCUT2D eigenvalue weighted by atomic mass is 16.2. The maximum Gasteiger partial charge on any atom is 0.242 e. The number of rotatable bonds is 6.